The highest BCUT2D eigenvalue weighted by Gasteiger charge is 2.22. The minimum absolute atomic E-state index is 0.131. The molecular weight excluding hydrogens is 414 g/mol. The second-order valence-electron chi connectivity index (χ2n) is 7.97. The van der Waals surface area contributed by atoms with Crippen molar-refractivity contribution in [1.29, 1.82) is 0 Å². The number of pyridine rings is 1. The Balaban J connectivity index is 1.24. The molecule has 31 heavy (non-hydrogen) atoms. The van der Waals surface area contributed by atoms with E-state index in [0.717, 1.165) is 67.0 Å². The van der Waals surface area contributed by atoms with E-state index in [1.165, 1.54) is 0 Å². The largest absolute Gasteiger partial charge is 0.378 e. The molecule has 2 aliphatic heterocycles. The molecule has 8 heteroatoms. The summed E-state index contributed by atoms with van der Waals surface area (Å²) in [5.74, 6) is 1.08. The molecule has 0 N–H and O–H groups in total. The molecule has 0 atom stereocenters. The lowest BCUT2D eigenvalue weighted by molar-refractivity contribution is -0.132. The number of benzene rings is 1. The molecule has 1 amide bonds. The number of rotatable bonds is 4. The first-order chi connectivity index (χ1) is 15.2. The Bertz CT molecular complexity index is 1050. The van der Waals surface area contributed by atoms with Crippen LogP contribution in [0.3, 0.4) is 0 Å². The normalized spacial score (nSPS) is 17.4. The third kappa shape index (κ3) is 4.34. The molecule has 4 heterocycles. The van der Waals surface area contributed by atoms with E-state index >= 15 is 0 Å². The molecule has 0 aliphatic carbocycles. The average Bonchev–Trinajstić information content (AvgIpc) is 3.22. The van der Waals surface area contributed by atoms with E-state index in [1.54, 1.807) is 0 Å². The highest BCUT2D eigenvalue weighted by Crippen LogP contribution is 2.22. The van der Waals surface area contributed by atoms with Crippen molar-refractivity contribution >= 4 is 40.0 Å². The van der Waals surface area contributed by atoms with Gasteiger partial charge in [-0.15, -0.1) is 0 Å². The molecule has 0 spiro atoms. The molecule has 3 aromatic rings. The van der Waals surface area contributed by atoms with E-state index < -0.39 is 0 Å². The molecule has 2 fully saturated rings. The Morgan fingerprint density at radius 3 is 2.39 bits per heavy atom. The Kier molecular flexibility index (Phi) is 5.70. The van der Waals surface area contributed by atoms with Crippen LogP contribution in [0.15, 0.2) is 48.7 Å². The predicted octanol–water partition coefficient (Wildman–Crippen LogP) is 2.88. The van der Waals surface area contributed by atoms with Crippen molar-refractivity contribution in [3.05, 3.63) is 53.7 Å². The van der Waals surface area contributed by atoms with E-state index in [9.17, 15) is 4.79 Å². The van der Waals surface area contributed by atoms with Gasteiger partial charge in [0.1, 0.15) is 18.0 Å². The Hall–Kier alpha value is -2.77. The summed E-state index contributed by atoms with van der Waals surface area (Å²) in [6, 6.07) is 14.0. The number of ether oxygens (including phenoxy) is 1. The summed E-state index contributed by atoms with van der Waals surface area (Å²) < 4.78 is 7.41. The number of anilines is 2. The van der Waals surface area contributed by atoms with Gasteiger partial charge in [-0.1, -0.05) is 11.6 Å². The maximum absolute atomic E-state index is 13.0. The van der Waals surface area contributed by atoms with E-state index in [0.29, 0.717) is 19.6 Å². The summed E-state index contributed by atoms with van der Waals surface area (Å²) in [5.41, 5.74) is 2.00. The lowest BCUT2D eigenvalue weighted by atomic mass is 10.2. The number of hydrogen-bond donors (Lipinski definition) is 0. The monoisotopic (exact) mass is 439 g/mol. The van der Waals surface area contributed by atoms with Crippen molar-refractivity contribution in [1.82, 2.24) is 14.5 Å². The minimum atomic E-state index is 0.131. The Morgan fingerprint density at radius 1 is 0.903 bits per heavy atom. The molecule has 2 aromatic heterocycles. The molecule has 1 aromatic carbocycles. The number of carbonyl (C=O) groups excluding carboxylic acids is 1. The molecule has 2 aliphatic rings. The van der Waals surface area contributed by atoms with Gasteiger partial charge in [0, 0.05) is 61.6 Å². The molecule has 0 saturated carbocycles. The quantitative estimate of drug-likeness (QED) is 0.625. The molecule has 0 unspecified atom stereocenters. The van der Waals surface area contributed by atoms with Gasteiger partial charge in [-0.3, -0.25) is 4.79 Å². The lowest BCUT2D eigenvalue weighted by Gasteiger charge is -2.36. The predicted molar refractivity (Wildman–Crippen MR) is 123 cm³/mol. The number of amides is 1. The first-order valence-electron chi connectivity index (χ1n) is 10.7. The zero-order chi connectivity index (χ0) is 21.2. The number of morpholine rings is 1. The van der Waals surface area contributed by atoms with Crippen LogP contribution in [0.25, 0.3) is 11.0 Å². The van der Waals surface area contributed by atoms with Crippen LogP contribution in [0, 0.1) is 0 Å². The number of fused-ring (bicyclic) bond motifs is 1. The van der Waals surface area contributed by atoms with Gasteiger partial charge in [-0.2, -0.15) is 0 Å². The molecule has 162 valence electrons. The smallest absolute Gasteiger partial charge is 0.242 e. The summed E-state index contributed by atoms with van der Waals surface area (Å²) in [6.45, 7) is 6.51. The summed E-state index contributed by atoms with van der Waals surface area (Å²) >= 11 is 5.99. The zero-order valence-corrected chi connectivity index (χ0v) is 18.2. The van der Waals surface area contributed by atoms with Gasteiger partial charge in [0.2, 0.25) is 5.91 Å². The van der Waals surface area contributed by atoms with E-state index in [1.807, 2.05) is 46.0 Å². The molecule has 2 saturated heterocycles. The van der Waals surface area contributed by atoms with Gasteiger partial charge < -0.3 is 24.0 Å². The zero-order valence-electron chi connectivity index (χ0n) is 17.4. The molecular formula is C23H26ClN5O2. The van der Waals surface area contributed by atoms with Crippen LogP contribution in [0.1, 0.15) is 0 Å². The summed E-state index contributed by atoms with van der Waals surface area (Å²) in [6.07, 6.45) is 1.96. The van der Waals surface area contributed by atoms with Crippen LogP contribution in [-0.2, 0) is 16.1 Å². The first kappa shape index (κ1) is 20.2. The van der Waals surface area contributed by atoms with Gasteiger partial charge in [0.05, 0.1) is 13.2 Å². The first-order valence-corrected chi connectivity index (χ1v) is 11.1. The van der Waals surface area contributed by atoms with Crippen molar-refractivity contribution in [2.75, 3.05) is 62.3 Å². The summed E-state index contributed by atoms with van der Waals surface area (Å²) in [4.78, 5) is 24.3. The third-order valence-corrected chi connectivity index (χ3v) is 6.31. The van der Waals surface area contributed by atoms with Crippen LogP contribution in [0.2, 0.25) is 5.02 Å². The second-order valence-corrected chi connectivity index (χ2v) is 8.41. The lowest BCUT2D eigenvalue weighted by Crippen LogP contribution is -2.49. The van der Waals surface area contributed by atoms with Crippen LogP contribution in [0.5, 0.6) is 0 Å². The van der Waals surface area contributed by atoms with Gasteiger partial charge in [-0.25, -0.2) is 4.98 Å². The fourth-order valence-corrected chi connectivity index (χ4v) is 4.38. The Morgan fingerprint density at radius 2 is 1.65 bits per heavy atom. The van der Waals surface area contributed by atoms with Crippen LogP contribution >= 0.6 is 11.6 Å². The van der Waals surface area contributed by atoms with Gasteiger partial charge in [0.25, 0.3) is 0 Å². The maximum atomic E-state index is 13.0. The van der Waals surface area contributed by atoms with Crippen LogP contribution < -0.4 is 9.80 Å². The van der Waals surface area contributed by atoms with Crippen LogP contribution in [-0.4, -0.2) is 72.8 Å². The minimum Gasteiger partial charge on any atom is -0.378 e. The standard InChI is InChI=1S/C23H26ClN5O2/c24-19-2-4-20(5-3-19)26-9-11-28(12-10-26)22(30)17-29-8-7-18-1-6-21(25-23(18)29)27-13-15-31-16-14-27/h1-8H,9-17H2. The van der Waals surface area contributed by atoms with Gasteiger partial charge in [0.15, 0.2) is 0 Å². The van der Waals surface area contributed by atoms with E-state index in [4.69, 9.17) is 21.3 Å². The van der Waals surface area contributed by atoms with Crippen molar-refractivity contribution in [2.45, 2.75) is 6.54 Å². The third-order valence-electron chi connectivity index (χ3n) is 6.06. The molecule has 0 radical (unpaired) electrons. The Labute approximate surface area is 186 Å². The SMILES string of the molecule is O=C(Cn1ccc2ccc(N3CCOCC3)nc21)N1CCN(c2ccc(Cl)cc2)CC1. The number of piperazine rings is 1. The maximum Gasteiger partial charge on any atom is 0.242 e. The molecule has 0 bridgehead atoms. The second kappa shape index (κ2) is 8.77. The number of hydrogen-bond acceptors (Lipinski definition) is 5. The number of nitrogens with zero attached hydrogens (tertiary/aromatic N) is 5. The topological polar surface area (TPSA) is 53.8 Å². The average molecular weight is 440 g/mol. The van der Waals surface area contributed by atoms with Gasteiger partial charge >= 0.3 is 0 Å². The number of aromatic nitrogens is 2. The van der Waals surface area contributed by atoms with Crippen molar-refractivity contribution in [3.8, 4) is 0 Å². The fourth-order valence-electron chi connectivity index (χ4n) is 4.26. The molecule has 5 rings (SSSR count). The van der Waals surface area contributed by atoms with Crippen molar-refractivity contribution in [3.63, 3.8) is 0 Å². The highest BCUT2D eigenvalue weighted by molar-refractivity contribution is 6.30. The summed E-state index contributed by atoms with van der Waals surface area (Å²) in [7, 11) is 0. The van der Waals surface area contributed by atoms with Gasteiger partial charge in [-0.05, 0) is 42.5 Å². The van der Waals surface area contributed by atoms with Crippen LogP contribution in [0.4, 0.5) is 11.5 Å². The highest BCUT2D eigenvalue weighted by atomic mass is 35.5. The number of carbonyl (C=O) groups is 1. The number of halogens is 1. The van der Waals surface area contributed by atoms with Crippen molar-refractivity contribution < 1.29 is 9.53 Å². The van der Waals surface area contributed by atoms with E-state index in [2.05, 4.69) is 21.9 Å². The molecule has 7 nitrogen and oxygen atoms in total. The van der Waals surface area contributed by atoms with Crippen molar-refractivity contribution in [2.24, 2.45) is 0 Å². The van der Waals surface area contributed by atoms with E-state index in [-0.39, 0.29) is 5.91 Å². The summed E-state index contributed by atoms with van der Waals surface area (Å²) in [5, 5.41) is 1.79. The fraction of sp³-hybridized carbons (Fsp3) is 0.391.